The Bertz CT molecular complexity index is 300. The van der Waals surface area contributed by atoms with Gasteiger partial charge in [0.05, 0.1) is 11.8 Å². The number of carbonyl (C=O) groups is 2. The number of amides is 1. The highest BCUT2D eigenvalue weighted by Crippen LogP contribution is 2.25. The highest BCUT2D eigenvalue weighted by atomic mass is 16.4. The van der Waals surface area contributed by atoms with Gasteiger partial charge in [-0.1, -0.05) is 6.92 Å². The van der Waals surface area contributed by atoms with Gasteiger partial charge in [-0.15, -0.1) is 0 Å². The summed E-state index contributed by atoms with van der Waals surface area (Å²) < 4.78 is 0. The predicted octanol–water partition coefficient (Wildman–Crippen LogP) is -0.225. The minimum absolute atomic E-state index is 0.0553. The van der Waals surface area contributed by atoms with Crippen LogP contribution in [0.5, 0.6) is 0 Å². The topological polar surface area (TPSA) is 69.6 Å². The second-order valence-electron chi connectivity index (χ2n) is 4.85. The molecule has 3 unspecified atom stereocenters. The molecular formula is C11H18N2O3. The van der Waals surface area contributed by atoms with Gasteiger partial charge in [0.2, 0.25) is 5.91 Å². The normalized spacial score (nSPS) is 34.3. The summed E-state index contributed by atoms with van der Waals surface area (Å²) >= 11 is 0. The van der Waals surface area contributed by atoms with Crippen LogP contribution in [-0.2, 0) is 9.59 Å². The van der Waals surface area contributed by atoms with Crippen LogP contribution >= 0.6 is 0 Å². The lowest BCUT2D eigenvalue weighted by molar-refractivity contribution is -0.142. The maximum absolute atomic E-state index is 12.1. The van der Waals surface area contributed by atoms with Crippen LogP contribution in [-0.4, -0.2) is 48.1 Å². The van der Waals surface area contributed by atoms with Crippen LogP contribution in [0.2, 0.25) is 0 Å². The zero-order valence-electron chi connectivity index (χ0n) is 9.48. The first-order valence-corrected chi connectivity index (χ1v) is 5.82. The highest BCUT2D eigenvalue weighted by molar-refractivity contribution is 5.81. The Kier molecular flexibility index (Phi) is 3.14. The summed E-state index contributed by atoms with van der Waals surface area (Å²) in [6, 6.07) is 0. The van der Waals surface area contributed by atoms with E-state index in [1.807, 2.05) is 6.92 Å². The van der Waals surface area contributed by atoms with Crippen LogP contribution in [0.25, 0.3) is 0 Å². The fourth-order valence-corrected chi connectivity index (χ4v) is 2.59. The molecule has 2 N–H and O–H groups in total. The molecule has 2 saturated heterocycles. The van der Waals surface area contributed by atoms with Crippen molar-refractivity contribution in [2.45, 2.75) is 13.3 Å². The van der Waals surface area contributed by atoms with Crippen molar-refractivity contribution in [2.24, 2.45) is 17.8 Å². The Balaban J connectivity index is 1.96. The molecule has 5 heteroatoms. The van der Waals surface area contributed by atoms with E-state index in [1.165, 1.54) is 0 Å². The molecular weight excluding hydrogens is 208 g/mol. The van der Waals surface area contributed by atoms with Crippen molar-refractivity contribution in [3.8, 4) is 0 Å². The summed E-state index contributed by atoms with van der Waals surface area (Å²) in [5.74, 6) is -0.929. The van der Waals surface area contributed by atoms with Crippen LogP contribution in [0.3, 0.4) is 0 Å². The van der Waals surface area contributed by atoms with Gasteiger partial charge in [0.15, 0.2) is 0 Å². The third kappa shape index (κ3) is 2.04. The van der Waals surface area contributed by atoms with E-state index in [2.05, 4.69) is 5.32 Å². The van der Waals surface area contributed by atoms with Gasteiger partial charge in [0.25, 0.3) is 0 Å². The lowest BCUT2D eigenvalue weighted by Gasteiger charge is -2.19. The Morgan fingerprint density at radius 3 is 2.62 bits per heavy atom. The van der Waals surface area contributed by atoms with Gasteiger partial charge in [0.1, 0.15) is 0 Å². The average molecular weight is 226 g/mol. The molecule has 0 bridgehead atoms. The van der Waals surface area contributed by atoms with E-state index in [0.29, 0.717) is 13.1 Å². The van der Waals surface area contributed by atoms with Crippen molar-refractivity contribution in [1.82, 2.24) is 10.2 Å². The van der Waals surface area contributed by atoms with Crippen LogP contribution in [0.1, 0.15) is 13.3 Å². The molecule has 0 aromatic rings. The summed E-state index contributed by atoms with van der Waals surface area (Å²) in [5, 5.41) is 12.2. The number of nitrogens with one attached hydrogen (secondary N) is 1. The molecule has 0 aromatic carbocycles. The van der Waals surface area contributed by atoms with E-state index in [9.17, 15) is 9.59 Å². The van der Waals surface area contributed by atoms with E-state index < -0.39 is 11.9 Å². The summed E-state index contributed by atoms with van der Waals surface area (Å²) in [4.78, 5) is 24.7. The van der Waals surface area contributed by atoms with Crippen LogP contribution in [0, 0.1) is 17.8 Å². The highest BCUT2D eigenvalue weighted by Gasteiger charge is 2.39. The molecule has 1 amide bonds. The van der Waals surface area contributed by atoms with Crippen molar-refractivity contribution >= 4 is 11.9 Å². The first kappa shape index (κ1) is 11.4. The van der Waals surface area contributed by atoms with E-state index in [-0.39, 0.29) is 17.7 Å². The monoisotopic (exact) mass is 226 g/mol. The van der Waals surface area contributed by atoms with Crippen molar-refractivity contribution in [1.29, 1.82) is 0 Å². The quantitative estimate of drug-likeness (QED) is 0.682. The minimum atomic E-state index is -0.785. The molecule has 2 fully saturated rings. The lowest BCUT2D eigenvalue weighted by Crippen LogP contribution is -2.36. The Labute approximate surface area is 94.8 Å². The van der Waals surface area contributed by atoms with Crippen molar-refractivity contribution in [2.75, 3.05) is 26.2 Å². The summed E-state index contributed by atoms with van der Waals surface area (Å²) in [6.07, 6.45) is 0.876. The molecule has 2 aliphatic heterocycles. The van der Waals surface area contributed by atoms with E-state index in [0.717, 1.165) is 19.5 Å². The zero-order valence-corrected chi connectivity index (χ0v) is 9.48. The molecule has 2 aliphatic rings. The second kappa shape index (κ2) is 4.41. The molecule has 0 radical (unpaired) electrons. The van der Waals surface area contributed by atoms with E-state index in [4.69, 9.17) is 5.11 Å². The van der Waals surface area contributed by atoms with Gasteiger partial charge in [-0.2, -0.15) is 0 Å². The number of carboxylic acid groups (broad SMARTS) is 1. The largest absolute Gasteiger partial charge is 0.481 e. The molecule has 0 saturated carbocycles. The van der Waals surface area contributed by atoms with Crippen LogP contribution in [0.15, 0.2) is 0 Å². The van der Waals surface area contributed by atoms with Crippen molar-refractivity contribution in [3.05, 3.63) is 0 Å². The average Bonchev–Trinajstić information content (AvgIpc) is 2.84. The number of carboxylic acids is 1. The molecule has 2 rings (SSSR count). The van der Waals surface area contributed by atoms with Gasteiger partial charge in [-0.05, 0) is 18.9 Å². The smallest absolute Gasteiger partial charge is 0.308 e. The molecule has 5 nitrogen and oxygen atoms in total. The van der Waals surface area contributed by atoms with Crippen LogP contribution in [0.4, 0.5) is 0 Å². The number of hydrogen-bond donors (Lipinski definition) is 2. The number of nitrogens with zero attached hydrogens (tertiary/aromatic N) is 1. The van der Waals surface area contributed by atoms with E-state index in [1.54, 1.807) is 4.90 Å². The Hall–Kier alpha value is -1.10. The molecule has 0 aliphatic carbocycles. The van der Waals surface area contributed by atoms with Crippen molar-refractivity contribution in [3.63, 3.8) is 0 Å². The third-order valence-corrected chi connectivity index (χ3v) is 3.65. The standard InChI is InChI=1S/C11H18N2O3/c1-7-5-13(6-9(7)11(15)16)10(14)8-2-3-12-4-8/h7-9,12H,2-6H2,1H3,(H,15,16). The van der Waals surface area contributed by atoms with Crippen molar-refractivity contribution < 1.29 is 14.7 Å². The summed E-state index contributed by atoms with van der Waals surface area (Å²) in [7, 11) is 0. The molecule has 2 heterocycles. The Morgan fingerprint density at radius 1 is 1.38 bits per heavy atom. The zero-order chi connectivity index (χ0) is 11.7. The number of carbonyl (C=O) groups excluding carboxylic acids is 1. The fourth-order valence-electron chi connectivity index (χ4n) is 2.59. The summed E-state index contributed by atoms with van der Waals surface area (Å²) in [5.41, 5.74) is 0. The van der Waals surface area contributed by atoms with E-state index >= 15 is 0 Å². The third-order valence-electron chi connectivity index (χ3n) is 3.65. The number of likely N-dealkylation sites (tertiary alicyclic amines) is 1. The maximum atomic E-state index is 12.1. The first-order chi connectivity index (χ1) is 7.59. The number of rotatable bonds is 2. The molecule has 0 aromatic heterocycles. The summed E-state index contributed by atoms with van der Waals surface area (Å²) in [6.45, 7) is 4.50. The van der Waals surface area contributed by atoms with Gasteiger partial charge in [-0.25, -0.2) is 0 Å². The SMILES string of the molecule is CC1CN(C(=O)C2CCNC2)CC1C(=O)O. The maximum Gasteiger partial charge on any atom is 0.308 e. The number of aliphatic carboxylic acids is 1. The molecule has 3 atom stereocenters. The number of hydrogen-bond acceptors (Lipinski definition) is 3. The first-order valence-electron chi connectivity index (χ1n) is 5.82. The van der Waals surface area contributed by atoms with Gasteiger partial charge >= 0.3 is 5.97 Å². The van der Waals surface area contributed by atoms with Gasteiger partial charge in [-0.3, -0.25) is 9.59 Å². The van der Waals surface area contributed by atoms with Gasteiger partial charge in [0, 0.05) is 19.6 Å². The molecule has 16 heavy (non-hydrogen) atoms. The Morgan fingerprint density at radius 2 is 2.12 bits per heavy atom. The fraction of sp³-hybridized carbons (Fsp3) is 0.818. The van der Waals surface area contributed by atoms with Gasteiger partial charge < -0.3 is 15.3 Å². The predicted molar refractivity (Wildman–Crippen MR) is 57.8 cm³/mol. The van der Waals surface area contributed by atoms with Crippen LogP contribution < -0.4 is 5.32 Å². The second-order valence-corrected chi connectivity index (χ2v) is 4.85. The minimum Gasteiger partial charge on any atom is -0.481 e. The molecule has 0 spiro atoms. The lowest BCUT2D eigenvalue weighted by atomic mass is 9.99. The molecule has 90 valence electrons.